The van der Waals surface area contributed by atoms with Gasteiger partial charge in [0.15, 0.2) is 17.6 Å². The van der Waals surface area contributed by atoms with Crippen molar-refractivity contribution < 1.29 is 34.0 Å². The van der Waals surface area contributed by atoms with Crippen molar-refractivity contribution in [3.63, 3.8) is 0 Å². The third kappa shape index (κ3) is 3.49. The van der Waals surface area contributed by atoms with Crippen LogP contribution in [0.1, 0.15) is 56.4 Å². The van der Waals surface area contributed by atoms with E-state index in [1.54, 1.807) is 42.5 Å². The number of likely N-dealkylation sites (tertiary alicyclic amines) is 1. The molecule has 6 rings (SSSR count). The van der Waals surface area contributed by atoms with Crippen LogP contribution in [-0.2, 0) is 30.9 Å². The molecule has 0 unspecified atom stereocenters. The van der Waals surface area contributed by atoms with Gasteiger partial charge < -0.3 is 29.3 Å². The zero-order chi connectivity index (χ0) is 25.2. The molecule has 2 aliphatic carbocycles. The van der Waals surface area contributed by atoms with Gasteiger partial charge in [0.05, 0.1) is 11.0 Å². The fourth-order valence-electron chi connectivity index (χ4n) is 6.91. The molecule has 0 amide bonds. The molecule has 2 aromatic rings. The molecule has 2 bridgehead atoms. The van der Waals surface area contributed by atoms with Crippen LogP contribution in [0.4, 0.5) is 0 Å². The van der Waals surface area contributed by atoms with Crippen molar-refractivity contribution in [1.82, 2.24) is 4.90 Å². The van der Waals surface area contributed by atoms with E-state index in [4.69, 9.17) is 14.2 Å². The molecule has 1 saturated heterocycles. The van der Waals surface area contributed by atoms with Gasteiger partial charge in [-0.2, -0.15) is 0 Å². The summed E-state index contributed by atoms with van der Waals surface area (Å²) in [6.07, 6.45) is 2.00. The summed E-state index contributed by atoms with van der Waals surface area (Å²) in [5, 5.41) is 23.1. The Morgan fingerprint density at radius 2 is 1.95 bits per heavy atom. The fraction of sp³-hybridized carbons (Fsp3) is 0.448. The second-order valence-electron chi connectivity index (χ2n) is 10.3. The number of nitrogens with zero attached hydrogens (tertiary/aromatic N) is 1. The Balaban J connectivity index is 0.00000280. The van der Waals surface area contributed by atoms with Crippen LogP contribution in [0.2, 0.25) is 0 Å². The number of rotatable bonds is 4. The number of aromatic hydroxyl groups is 1. The number of phenols is 1. The van der Waals surface area contributed by atoms with Crippen molar-refractivity contribution in [1.29, 1.82) is 0 Å². The fourth-order valence-corrected chi connectivity index (χ4v) is 6.91. The lowest BCUT2D eigenvalue weighted by Gasteiger charge is -2.56. The number of carbonyl (C=O) groups is 2. The van der Waals surface area contributed by atoms with E-state index in [2.05, 4.69) is 4.90 Å². The van der Waals surface area contributed by atoms with E-state index in [0.717, 1.165) is 24.1 Å². The summed E-state index contributed by atoms with van der Waals surface area (Å²) in [5.74, 6) is -0.727. The summed E-state index contributed by atoms with van der Waals surface area (Å²) in [5.41, 5.74) is 0.303. The van der Waals surface area contributed by atoms with Crippen molar-refractivity contribution in [3.8, 4) is 11.5 Å². The highest BCUT2D eigenvalue weighted by molar-refractivity contribution is 5.81. The molecule has 196 valence electrons. The molecular weight excluding hydrogens is 474 g/mol. The van der Waals surface area contributed by atoms with Gasteiger partial charge in [0.2, 0.25) is 6.10 Å². The third-order valence-electron chi connectivity index (χ3n) is 8.40. The molecule has 5 atom stereocenters. The maximum Gasteiger partial charge on any atom is 0.357 e. The lowest BCUT2D eigenvalue weighted by Crippen LogP contribution is -2.69. The molecule has 37 heavy (non-hydrogen) atoms. The quantitative estimate of drug-likeness (QED) is 0.606. The first-order valence-electron chi connectivity index (χ1n) is 12.3. The Hall–Kier alpha value is -3.36. The zero-order valence-electron chi connectivity index (χ0n) is 20.3. The van der Waals surface area contributed by atoms with E-state index >= 15 is 0 Å². The third-order valence-corrected chi connectivity index (χ3v) is 8.40. The Kier molecular flexibility index (Phi) is 6.08. The number of ether oxygens (including phenoxy) is 3. The van der Waals surface area contributed by atoms with Gasteiger partial charge in [-0.05, 0) is 50.6 Å². The maximum atomic E-state index is 13.4. The number of hydrogen-bond donors (Lipinski definition) is 2. The molecule has 8 heteroatoms. The van der Waals surface area contributed by atoms with Crippen LogP contribution in [0.3, 0.4) is 0 Å². The van der Waals surface area contributed by atoms with Gasteiger partial charge in [-0.25, -0.2) is 4.79 Å². The van der Waals surface area contributed by atoms with E-state index in [1.165, 1.54) is 6.92 Å². The number of likely N-dealkylation sites (N-methyl/N-ethyl adjacent to an activating group) is 1. The summed E-state index contributed by atoms with van der Waals surface area (Å²) in [7, 11) is 2.03. The minimum absolute atomic E-state index is 0. The highest BCUT2D eigenvalue weighted by Gasteiger charge is 2.71. The van der Waals surface area contributed by atoms with Crippen LogP contribution in [-0.4, -0.2) is 58.4 Å². The van der Waals surface area contributed by atoms with Crippen LogP contribution >= 0.6 is 0 Å². The van der Waals surface area contributed by atoms with Crippen LogP contribution < -0.4 is 4.74 Å². The Morgan fingerprint density at radius 1 is 1.19 bits per heavy atom. The summed E-state index contributed by atoms with van der Waals surface area (Å²) < 4.78 is 17.6. The van der Waals surface area contributed by atoms with Gasteiger partial charge in [-0.15, -0.1) is 0 Å². The van der Waals surface area contributed by atoms with E-state index in [9.17, 15) is 19.8 Å². The van der Waals surface area contributed by atoms with Crippen LogP contribution in [0.25, 0.3) is 0 Å². The lowest BCUT2D eigenvalue weighted by atomic mass is 9.52. The first-order valence-corrected chi connectivity index (χ1v) is 12.3. The molecule has 2 N–H and O–H groups in total. The van der Waals surface area contributed by atoms with Crippen molar-refractivity contribution in [3.05, 3.63) is 71.0 Å². The van der Waals surface area contributed by atoms with Crippen molar-refractivity contribution in [2.75, 3.05) is 13.6 Å². The number of benzene rings is 2. The van der Waals surface area contributed by atoms with Crippen LogP contribution in [0.5, 0.6) is 11.5 Å². The van der Waals surface area contributed by atoms with E-state index < -0.39 is 35.2 Å². The molecule has 1 spiro atoms. The normalized spacial score (nSPS) is 30.0. The average Bonchev–Trinajstić information content (AvgIpc) is 3.20. The molecule has 2 aromatic carbocycles. The lowest BCUT2D eigenvalue weighted by molar-refractivity contribution is -0.168. The minimum Gasteiger partial charge on any atom is -0.504 e. The van der Waals surface area contributed by atoms with Gasteiger partial charge in [0.1, 0.15) is 5.76 Å². The van der Waals surface area contributed by atoms with E-state index in [0.29, 0.717) is 24.2 Å². The minimum atomic E-state index is -1.24. The van der Waals surface area contributed by atoms with Crippen molar-refractivity contribution >= 4 is 11.9 Å². The van der Waals surface area contributed by atoms with Crippen molar-refractivity contribution in [2.24, 2.45) is 0 Å². The van der Waals surface area contributed by atoms with Crippen LogP contribution in [0.15, 0.2) is 54.3 Å². The monoisotopic (exact) mass is 507 g/mol. The number of hydrogen-bond acceptors (Lipinski definition) is 8. The molecule has 8 nitrogen and oxygen atoms in total. The number of esters is 2. The molecule has 0 radical (unpaired) electrons. The Labute approximate surface area is 216 Å². The highest BCUT2D eigenvalue weighted by atomic mass is 16.6. The molecule has 2 heterocycles. The Morgan fingerprint density at radius 3 is 2.68 bits per heavy atom. The van der Waals surface area contributed by atoms with Gasteiger partial charge >= 0.3 is 11.9 Å². The largest absolute Gasteiger partial charge is 0.504 e. The summed E-state index contributed by atoms with van der Waals surface area (Å²) in [6, 6.07) is 12.1. The molecule has 0 saturated carbocycles. The van der Waals surface area contributed by atoms with Crippen molar-refractivity contribution in [2.45, 2.75) is 69.3 Å². The molecule has 2 aliphatic heterocycles. The van der Waals surface area contributed by atoms with E-state index in [1.807, 2.05) is 13.1 Å². The predicted octanol–water partition coefficient (Wildman–Crippen LogP) is 3.54. The SMILES string of the molecule is C.CC(=O)O[C@H](C(=O)OC1=CC[C@@]2(O)[C@H]3Cc4ccc(O)c5c4[C@@]2(CCCN3C)[C@H]1O5)c1ccccc1. The summed E-state index contributed by atoms with van der Waals surface area (Å²) >= 11 is 0. The number of carbonyl (C=O) groups excluding carboxylic acids is 2. The first-order chi connectivity index (χ1) is 17.3. The standard InChI is InChI=1S/C28H29NO7.CH4/c1-16(30)34-23(17-7-4-3-5-8-17)26(32)35-20-11-13-28(33)21-15-18-9-10-19(31)24-22(18)27(28,25(20)36-24)12-6-14-29(21)2;/h3-5,7-11,21,23,25,31,33H,6,12-15H2,1-2H3;1H4/t21-,23+,25+,27+,28-;/m1./s1. The molecule has 4 aliphatic rings. The second kappa shape index (κ2) is 8.89. The Bertz CT molecular complexity index is 1270. The number of phenolic OH excluding ortho intramolecular Hbond substituents is 1. The van der Waals surface area contributed by atoms with E-state index in [-0.39, 0.29) is 31.4 Å². The van der Waals surface area contributed by atoms with Gasteiger partial charge in [0, 0.05) is 30.5 Å². The average molecular weight is 508 g/mol. The zero-order valence-corrected chi connectivity index (χ0v) is 20.3. The van der Waals surface area contributed by atoms with Gasteiger partial charge in [-0.1, -0.05) is 43.8 Å². The second-order valence-corrected chi connectivity index (χ2v) is 10.3. The predicted molar refractivity (Wildman–Crippen MR) is 135 cm³/mol. The smallest absolute Gasteiger partial charge is 0.357 e. The topological polar surface area (TPSA) is 106 Å². The number of aliphatic hydroxyl groups is 1. The maximum absolute atomic E-state index is 13.4. The van der Waals surface area contributed by atoms with Crippen LogP contribution in [0, 0.1) is 0 Å². The highest BCUT2D eigenvalue weighted by Crippen LogP contribution is 2.65. The molecular formula is C29H33NO7. The van der Waals surface area contributed by atoms with Gasteiger partial charge in [-0.3, -0.25) is 4.79 Å². The van der Waals surface area contributed by atoms with Gasteiger partial charge in [0.25, 0.3) is 0 Å². The first kappa shape index (κ1) is 25.3. The molecule has 0 aromatic heterocycles. The summed E-state index contributed by atoms with van der Waals surface area (Å²) in [6.45, 7) is 2.06. The summed E-state index contributed by atoms with van der Waals surface area (Å²) in [4.78, 5) is 27.4. The molecule has 1 fully saturated rings.